The smallest absolute Gasteiger partial charge is 0.343 e. The van der Waals surface area contributed by atoms with E-state index in [4.69, 9.17) is 9.47 Å². The van der Waals surface area contributed by atoms with E-state index in [2.05, 4.69) is 10.2 Å². The number of Topliss-reactive ketones (excluding diaryl/α,β-unsaturated/α-hetero) is 1. The highest BCUT2D eigenvalue weighted by molar-refractivity contribution is 7.99. The van der Waals surface area contributed by atoms with Crippen molar-refractivity contribution in [2.75, 3.05) is 26.6 Å². The molecule has 2 aromatic rings. The largest absolute Gasteiger partial charge is 0.496 e. The number of aromatic amines is 1. The van der Waals surface area contributed by atoms with E-state index in [1.54, 1.807) is 25.3 Å². The Morgan fingerprint density at radius 2 is 2.13 bits per heavy atom. The number of ether oxygens (including phenoxy) is 2. The van der Waals surface area contributed by atoms with Gasteiger partial charge < -0.3 is 9.47 Å². The molecule has 124 valence electrons. The average Bonchev–Trinajstić information content (AvgIpc) is 2.93. The van der Waals surface area contributed by atoms with Crippen LogP contribution >= 0.6 is 11.8 Å². The van der Waals surface area contributed by atoms with Crippen molar-refractivity contribution in [1.82, 2.24) is 14.8 Å². The summed E-state index contributed by atoms with van der Waals surface area (Å²) in [6.07, 6.45) is 0.698. The molecule has 0 saturated heterocycles. The maximum atomic E-state index is 12.3. The van der Waals surface area contributed by atoms with Gasteiger partial charge in [0.15, 0.2) is 10.9 Å². The molecule has 8 heteroatoms. The van der Waals surface area contributed by atoms with Gasteiger partial charge in [0.25, 0.3) is 0 Å². The van der Waals surface area contributed by atoms with E-state index in [0.29, 0.717) is 36.0 Å². The zero-order chi connectivity index (χ0) is 16.7. The summed E-state index contributed by atoms with van der Waals surface area (Å²) in [6, 6.07) is 7.06. The first kappa shape index (κ1) is 17.3. The predicted molar refractivity (Wildman–Crippen MR) is 87.4 cm³/mol. The fourth-order valence-electron chi connectivity index (χ4n) is 2.06. The van der Waals surface area contributed by atoms with Crippen LogP contribution in [0.3, 0.4) is 0 Å². The zero-order valence-electron chi connectivity index (χ0n) is 13.1. The molecule has 0 aliphatic rings. The standard InChI is InChI=1S/C15H19N3O4S/c1-21-9-5-8-18-14(20)16-17-15(18)23-10-12(19)11-6-3-4-7-13(11)22-2/h3-4,6-7H,5,8-10H2,1-2H3,(H,16,20). The number of carbonyl (C=O) groups excluding carboxylic acids is 1. The number of benzene rings is 1. The van der Waals surface area contributed by atoms with Gasteiger partial charge in [-0.15, -0.1) is 5.10 Å². The van der Waals surface area contributed by atoms with Crippen molar-refractivity contribution in [3.05, 3.63) is 40.3 Å². The number of thioether (sulfide) groups is 1. The molecule has 1 aromatic heterocycles. The van der Waals surface area contributed by atoms with Gasteiger partial charge in [-0.3, -0.25) is 9.36 Å². The van der Waals surface area contributed by atoms with Gasteiger partial charge in [0.2, 0.25) is 0 Å². The van der Waals surface area contributed by atoms with Gasteiger partial charge >= 0.3 is 5.69 Å². The van der Waals surface area contributed by atoms with E-state index in [1.165, 1.54) is 23.4 Å². The van der Waals surface area contributed by atoms with Crippen LogP contribution in [0.2, 0.25) is 0 Å². The first-order valence-electron chi connectivity index (χ1n) is 7.10. The number of methoxy groups -OCH3 is 2. The molecular formula is C15H19N3O4S. The van der Waals surface area contributed by atoms with Gasteiger partial charge in [-0.05, 0) is 18.6 Å². The number of nitrogens with zero attached hydrogens (tertiary/aromatic N) is 2. The third kappa shape index (κ3) is 4.46. The Morgan fingerprint density at radius 1 is 1.35 bits per heavy atom. The molecule has 0 aliphatic carbocycles. The van der Waals surface area contributed by atoms with Crippen molar-refractivity contribution in [1.29, 1.82) is 0 Å². The topological polar surface area (TPSA) is 86.2 Å². The van der Waals surface area contributed by atoms with Crippen LogP contribution in [0.1, 0.15) is 16.8 Å². The van der Waals surface area contributed by atoms with E-state index in [9.17, 15) is 9.59 Å². The van der Waals surface area contributed by atoms with Crippen molar-refractivity contribution in [3.8, 4) is 5.75 Å². The van der Waals surface area contributed by atoms with Gasteiger partial charge in [0, 0.05) is 20.3 Å². The first-order chi connectivity index (χ1) is 11.2. The lowest BCUT2D eigenvalue weighted by molar-refractivity contribution is 0.101. The molecule has 0 unspecified atom stereocenters. The first-order valence-corrected chi connectivity index (χ1v) is 8.09. The fourth-order valence-corrected chi connectivity index (χ4v) is 2.92. The van der Waals surface area contributed by atoms with Crippen LogP contribution in [0, 0.1) is 0 Å². The van der Waals surface area contributed by atoms with Gasteiger partial charge in [-0.2, -0.15) is 0 Å². The molecule has 0 saturated carbocycles. The number of rotatable bonds is 9. The van der Waals surface area contributed by atoms with Crippen LogP contribution in [0.15, 0.2) is 34.2 Å². The van der Waals surface area contributed by atoms with Crippen molar-refractivity contribution >= 4 is 17.5 Å². The van der Waals surface area contributed by atoms with Crippen LogP contribution in [0.5, 0.6) is 5.75 Å². The summed E-state index contributed by atoms with van der Waals surface area (Å²) >= 11 is 1.22. The molecule has 0 fully saturated rings. The Bertz CT molecular complexity index is 711. The van der Waals surface area contributed by atoms with E-state index in [-0.39, 0.29) is 17.2 Å². The second-order valence-corrected chi connectivity index (χ2v) is 5.66. The molecule has 0 bridgehead atoms. The molecule has 23 heavy (non-hydrogen) atoms. The number of hydrogen-bond donors (Lipinski definition) is 1. The molecule has 0 atom stereocenters. The maximum absolute atomic E-state index is 12.3. The summed E-state index contributed by atoms with van der Waals surface area (Å²) in [5, 5.41) is 6.87. The third-order valence-electron chi connectivity index (χ3n) is 3.19. The molecule has 7 nitrogen and oxygen atoms in total. The highest BCUT2D eigenvalue weighted by Gasteiger charge is 2.15. The van der Waals surface area contributed by atoms with Gasteiger partial charge in [0.05, 0.1) is 18.4 Å². The van der Waals surface area contributed by atoms with Crippen molar-refractivity contribution < 1.29 is 14.3 Å². The molecule has 1 aromatic carbocycles. The van der Waals surface area contributed by atoms with Gasteiger partial charge in [0.1, 0.15) is 5.75 Å². The maximum Gasteiger partial charge on any atom is 0.343 e. The second-order valence-electron chi connectivity index (χ2n) is 4.72. The quantitative estimate of drug-likeness (QED) is 0.425. The number of carbonyl (C=O) groups is 1. The minimum atomic E-state index is -0.284. The zero-order valence-corrected chi connectivity index (χ0v) is 13.9. The van der Waals surface area contributed by atoms with E-state index >= 15 is 0 Å². The SMILES string of the molecule is COCCCn1c(SCC(=O)c2ccccc2OC)n[nH]c1=O. The van der Waals surface area contributed by atoms with Crippen LogP contribution in [0.4, 0.5) is 0 Å². The van der Waals surface area contributed by atoms with E-state index < -0.39 is 0 Å². The van der Waals surface area contributed by atoms with Crippen LogP contribution in [-0.2, 0) is 11.3 Å². The Morgan fingerprint density at radius 3 is 2.87 bits per heavy atom. The molecule has 0 aliphatic heterocycles. The van der Waals surface area contributed by atoms with Crippen LogP contribution < -0.4 is 10.4 Å². The fraction of sp³-hybridized carbons (Fsp3) is 0.400. The summed E-state index contributed by atoms with van der Waals surface area (Å²) < 4.78 is 11.7. The molecule has 1 N–H and O–H groups in total. The lowest BCUT2D eigenvalue weighted by atomic mass is 10.1. The molecule has 0 radical (unpaired) electrons. The summed E-state index contributed by atoms with van der Waals surface area (Å²) in [7, 11) is 3.14. The Labute approximate surface area is 138 Å². The number of hydrogen-bond acceptors (Lipinski definition) is 6. The van der Waals surface area contributed by atoms with E-state index in [1.807, 2.05) is 6.07 Å². The average molecular weight is 337 g/mol. The predicted octanol–water partition coefficient (Wildman–Crippen LogP) is 1.59. The molecular weight excluding hydrogens is 318 g/mol. The minimum absolute atomic E-state index is 0.0775. The molecule has 0 spiro atoms. The summed E-state index contributed by atoms with van der Waals surface area (Å²) in [5.74, 6) is 0.638. The van der Waals surface area contributed by atoms with Gasteiger partial charge in [-0.25, -0.2) is 9.89 Å². The molecule has 2 rings (SSSR count). The number of H-pyrrole nitrogens is 1. The minimum Gasteiger partial charge on any atom is -0.496 e. The van der Waals surface area contributed by atoms with Crippen molar-refractivity contribution in [2.45, 2.75) is 18.1 Å². The number of aromatic nitrogens is 3. The van der Waals surface area contributed by atoms with Crippen LogP contribution in [0.25, 0.3) is 0 Å². The number of ketones is 1. The summed E-state index contributed by atoms with van der Waals surface area (Å²) in [4.78, 5) is 24.1. The summed E-state index contributed by atoms with van der Waals surface area (Å²) in [6.45, 7) is 1.05. The lowest BCUT2D eigenvalue weighted by Gasteiger charge is -2.07. The van der Waals surface area contributed by atoms with E-state index in [0.717, 1.165) is 0 Å². The number of para-hydroxylation sites is 1. The Kier molecular flexibility index (Phi) is 6.42. The highest BCUT2D eigenvalue weighted by atomic mass is 32.2. The monoisotopic (exact) mass is 337 g/mol. The third-order valence-corrected chi connectivity index (χ3v) is 4.17. The normalized spacial score (nSPS) is 10.7. The van der Waals surface area contributed by atoms with Crippen molar-refractivity contribution in [2.24, 2.45) is 0 Å². The Balaban J connectivity index is 2.03. The molecule has 0 amide bonds. The highest BCUT2D eigenvalue weighted by Crippen LogP contribution is 2.21. The molecule has 1 heterocycles. The lowest BCUT2D eigenvalue weighted by Crippen LogP contribution is -2.18. The Hall–Kier alpha value is -2.06. The summed E-state index contributed by atoms with van der Waals surface area (Å²) in [5.41, 5.74) is 0.236. The van der Waals surface area contributed by atoms with Crippen LogP contribution in [-0.4, -0.2) is 47.1 Å². The van der Waals surface area contributed by atoms with Crippen molar-refractivity contribution in [3.63, 3.8) is 0 Å². The van der Waals surface area contributed by atoms with Gasteiger partial charge in [-0.1, -0.05) is 23.9 Å². The second kappa shape index (κ2) is 8.54. The number of nitrogens with one attached hydrogen (secondary N) is 1.